The third kappa shape index (κ3) is 3.20. The Morgan fingerprint density at radius 2 is 2.00 bits per heavy atom. The van der Waals surface area contributed by atoms with Crippen molar-refractivity contribution in [2.24, 2.45) is 17.1 Å². The highest BCUT2D eigenvalue weighted by atomic mass is 16.5. The Balaban J connectivity index is 2.37. The van der Waals surface area contributed by atoms with Crippen molar-refractivity contribution in [1.82, 2.24) is 0 Å². The molecule has 0 heterocycles. The van der Waals surface area contributed by atoms with E-state index in [1.807, 2.05) is 0 Å². The Bertz CT molecular complexity index is 208. The summed E-state index contributed by atoms with van der Waals surface area (Å²) in [5.74, 6) is 0.512. The van der Waals surface area contributed by atoms with Crippen molar-refractivity contribution in [3.05, 3.63) is 0 Å². The first-order chi connectivity index (χ1) is 7.10. The molecule has 0 amide bonds. The third-order valence-electron chi connectivity index (χ3n) is 3.31. The average molecular weight is 213 g/mol. The van der Waals surface area contributed by atoms with E-state index in [0.717, 1.165) is 32.1 Å². The second-order valence-electron chi connectivity index (χ2n) is 5.01. The molecule has 0 aliphatic heterocycles. The predicted octanol–water partition coefficient (Wildman–Crippen LogP) is 2.09. The maximum atomic E-state index is 11.9. The van der Waals surface area contributed by atoms with Crippen molar-refractivity contribution in [3.63, 3.8) is 0 Å². The Kier molecular flexibility index (Phi) is 4.58. The summed E-state index contributed by atoms with van der Waals surface area (Å²) >= 11 is 0. The van der Waals surface area contributed by atoms with Gasteiger partial charge in [-0.3, -0.25) is 4.79 Å². The van der Waals surface area contributed by atoms with Crippen LogP contribution in [0, 0.1) is 11.3 Å². The molecule has 15 heavy (non-hydrogen) atoms. The maximum absolute atomic E-state index is 11.9. The SMILES string of the molecule is CC(C)CCOC(=O)C1(CN)CCCC1. The van der Waals surface area contributed by atoms with E-state index < -0.39 is 0 Å². The fourth-order valence-corrected chi connectivity index (χ4v) is 2.08. The van der Waals surface area contributed by atoms with Crippen molar-refractivity contribution < 1.29 is 9.53 Å². The molecule has 0 atom stereocenters. The van der Waals surface area contributed by atoms with E-state index >= 15 is 0 Å². The maximum Gasteiger partial charge on any atom is 0.313 e. The molecule has 1 rings (SSSR count). The van der Waals surface area contributed by atoms with Crippen LogP contribution in [-0.2, 0) is 9.53 Å². The van der Waals surface area contributed by atoms with E-state index in [1.54, 1.807) is 0 Å². The minimum Gasteiger partial charge on any atom is -0.465 e. The zero-order valence-electron chi connectivity index (χ0n) is 9.92. The monoisotopic (exact) mass is 213 g/mol. The Morgan fingerprint density at radius 1 is 1.40 bits per heavy atom. The van der Waals surface area contributed by atoms with Gasteiger partial charge in [0.2, 0.25) is 0 Å². The molecule has 1 fully saturated rings. The molecule has 0 radical (unpaired) electrons. The summed E-state index contributed by atoms with van der Waals surface area (Å²) in [6.45, 7) is 5.23. The molecular weight excluding hydrogens is 190 g/mol. The molecule has 1 saturated carbocycles. The predicted molar refractivity (Wildman–Crippen MR) is 60.4 cm³/mol. The molecule has 0 saturated heterocycles. The van der Waals surface area contributed by atoms with Crippen LogP contribution < -0.4 is 5.73 Å². The van der Waals surface area contributed by atoms with Gasteiger partial charge in [-0.2, -0.15) is 0 Å². The van der Waals surface area contributed by atoms with Crippen LogP contribution in [0.15, 0.2) is 0 Å². The molecule has 1 aliphatic carbocycles. The standard InChI is InChI=1S/C12H23NO2/c1-10(2)5-8-15-11(14)12(9-13)6-3-4-7-12/h10H,3-9,13H2,1-2H3. The summed E-state index contributed by atoms with van der Waals surface area (Å²) in [6, 6.07) is 0. The highest BCUT2D eigenvalue weighted by Crippen LogP contribution is 2.38. The molecule has 0 spiro atoms. The second-order valence-corrected chi connectivity index (χ2v) is 5.01. The quantitative estimate of drug-likeness (QED) is 0.711. The fourth-order valence-electron chi connectivity index (χ4n) is 2.08. The summed E-state index contributed by atoms with van der Waals surface area (Å²) in [5.41, 5.74) is 5.35. The van der Waals surface area contributed by atoms with Gasteiger partial charge in [-0.05, 0) is 25.2 Å². The summed E-state index contributed by atoms with van der Waals surface area (Å²) in [6.07, 6.45) is 4.97. The molecular formula is C12H23NO2. The minimum atomic E-state index is -0.350. The van der Waals surface area contributed by atoms with Crippen LogP contribution in [0.1, 0.15) is 46.0 Å². The molecule has 0 aromatic carbocycles. The zero-order valence-corrected chi connectivity index (χ0v) is 9.92. The van der Waals surface area contributed by atoms with Crippen molar-refractivity contribution in [2.45, 2.75) is 46.0 Å². The lowest BCUT2D eigenvalue weighted by atomic mass is 9.86. The summed E-state index contributed by atoms with van der Waals surface area (Å²) in [7, 11) is 0. The van der Waals surface area contributed by atoms with Crippen molar-refractivity contribution >= 4 is 5.97 Å². The molecule has 3 heteroatoms. The van der Waals surface area contributed by atoms with Crippen LogP contribution in [0.4, 0.5) is 0 Å². The van der Waals surface area contributed by atoms with Gasteiger partial charge in [0.15, 0.2) is 0 Å². The number of rotatable bonds is 5. The van der Waals surface area contributed by atoms with E-state index in [1.165, 1.54) is 0 Å². The topological polar surface area (TPSA) is 52.3 Å². The molecule has 88 valence electrons. The second kappa shape index (κ2) is 5.50. The van der Waals surface area contributed by atoms with Gasteiger partial charge in [0.25, 0.3) is 0 Å². The van der Waals surface area contributed by atoms with Crippen LogP contribution in [0.2, 0.25) is 0 Å². The van der Waals surface area contributed by atoms with E-state index in [0.29, 0.717) is 19.1 Å². The lowest BCUT2D eigenvalue weighted by Gasteiger charge is -2.24. The molecule has 1 aliphatic rings. The van der Waals surface area contributed by atoms with Crippen LogP contribution in [-0.4, -0.2) is 19.1 Å². The first-order valence-electron chi connectivity index (χ1n) is 5.98. The van der Waals surface area contributed by atoms with Gasteiger partial charge in [0.05, 0.1) is 12.0 Å². The fraction of sp³-hybridized carbons (Fsp3) is 0.917. The minimum absolute atomic E-state index is 0.0665. The van der Waals surface area contributed by atoms with Gasteiger partial charge in [-0.15, -0.1) is 0 Å². The van der Waals surface area contributed by atoms with Gasteiger partial charge in [0, 0.05) is 6.54 Å². The summed E-state index contributed by atoms with van der Waals surface area (Å²) in [4.78, 5) is 11.9. The largest absolute Gasteiger partial charge is 0.465 e. The highest BCUT2D eigenvalue weighted by molar-refractivity contribution is 5.77. The zero-order chi connectivity index (χ0) is 11.3. The van der Waals surface area contributed by atoms with Gasteiger partial charge in [-0.1, -0.05) is 26.7 Å². The third-order valence-corrected chi connectivity index (χ3v) is 3.31. The van der Waals surface area contributed by atoms with Crippen LogP contribution in [0.3, 0.4) is 0 Å². The number of hydrogen-bond acceptors (Lipinski definition) is 3. The molecule has 0 aromatic heterocycles. The van der Waals surface area contributed by atoms with Crippen molar-refractivity contribution in [1.29, 1.82) is 0 Å². The lowest BCUT2D eigenvalue weighted by Crippen LogP contribution is -2.37. The van der Waals surface area contributed by atoms with Crippen LogP contribution in [0.25, 0.3) is 0 Å². The average Bonchev–Trinajstić information content (AvgIpc) is 2.66. The lowest BCUT2D eigenvalue weighted by molar-refractivity contribution is -0.155. The van der Waals surface area contributed by atoms with Gasteiger partial charge < -0.3 is 10.5 Å². The smallest absolute Gasteiger partial charge is 0.313 e. The van der Waals surface area contributed by atoms with Gasteiger partial charge in [0.1, 0.15) is 0 Å². The Labute approximate surface area is 92.4 Å². The van der Waals surface area contributed by atoms with E-state index in [9.17, 15) is 4.79 Å². The highest BCUT2D eigenvalue weighted by Gasteiger charge is 2.41. The van der Waals surface area contributed by atoms with Gasteiger partial charge in [-0.25, -0.2) is 0 Å². The van der Waals surface area contributed by atoms with Crippen molar-refractivity contribution in [3.8, 4) is 0 Å². The summed E-state index contributed by atoms with van der Waals surface area (Å²) < 4.78 is 5.31. The first kappa shape index (κ1) is 12.5. The van der Waals surface area contributed by atoms with E-state index in [4.69, 9.17) is 10.5 Å². The first-order valence-corrected chi connectivity index (χ1v) is 5.98. The van der Waals surface area contributed by atoms with E-state index in [2.05, 4.69) is 13.8 Å². The van der Waals surface area contributed by atoms with Crippen LogP contribution >= 0.6 is 0 Å². The normalized spacial score (nSPS) is 19.5. The molecule has 0 unspecified atom stereocenters. The molecule has 0 bridgehead atoms. The molecule has 2 N–H and O–H groups in total. The van der Waals surface area contributed by atoms with E-state index in [-0.39, 0.29) is 11.4 Å². The Morgan fingerprint density at radius 3 is 2.47 bits per heavy atom. The number of hydrogen-bond donors (Lipinski definition) is 1. The summed E-state index contributed by atoms with van der Waals surface area (Å²) in [5, 5.41) is 0. The van der Waals surface area contributed by atoms with Crippen molar-refractivity contribution in [2.75, 3.05) is 13.2 Å². The van der Waals surface area contributed by atoms with Gasteiger partial charge >= 0.3 is 5.97 Å². The number of nitrogens with two attached hydrogens (primary N) is 1. The number of carbonyl (C=O) groups is 1. The number of ether oxygens (including phenoxy) is 1. The Hall–Kier alpha value is -0.570. The van der Waals surface area contributed by atoms with Crippen LogP contribution in [0.5, 0.6) is 0 Å². The number of esters is 1. The molecule has 0 aromatic rings. The number of carbonyl (C=O) groups excluding carboxylic acids is 1. The molecule has 3 nitrogen and oxygen atoms in total.